The third-order valence-corrected chi connectivity index (χ3v) is 3.90. The van der Waals surface area contributed by atoms with Gasteiger partial charge in [-0.2, -0.15) is 0 Å². The predicted octanol–water partition coefficient (Wildman–Crippen LogP) is 2.33. The van der Waals surface area contributed by atoms with Gasteiger partial charge in [-0.3, -0.25) is 20.4 Å². The standard InChI is InChI=1S/C19H20N4O2/c1-12-4-7-15(8-5-12)19-16(10-18(25)22-21-14(3)24)23-11-13(2)6-9-17(23)20-19/h4-9,11H,10H2,1-3H3,(H,21,24)(H,22,25). The van der Waals surface area contributed by atoms with Crippen molar-refractivity contribution in [2.24, 2.45) is 0 Å². The van der Waals surface area contributed by atoms with Crippen LogP contribution in [0, 0.1) is 13.8 Å². The highest BCUT2D eigenvalue weighted by Gasteiger charge is 2.17. The Bertz CT molecular complexity index is 942. The van der Waals surface area contributed by atoms with Gasteiger partial charge in [0.1, 0.15) is 5.65 Å². The van der Waals surface area contributed by atoms with Gasteiger partial charge in [0.15, 0.2) is 0 Å². The van der Waals surface area contributed by atoms with Crippen molar-refractivity contribution in [2.75, 3.05) is 0 Å². The van der Waals surface area contributed by atoms with Gasteiger partial charge in [-0.1, -0.05) is 35.9 Å². The van der Waals surface area contributed by atoms with Crippen molar-refractivity contribution in [3.63, 3.8) is 0 Å². The third-order valence-electron chi connectivity index (χ3n) is 3.90. The molecule has 1 aromatic carbocycles. The Balaban J connectivity index is 2.05. The molecule has 0 aliphatic heterocycles. The van der Waals surface area contributed by atoms with Crippen molar-refractivity contribution >= 4 is 17.5 Å². The molecule has 0 aliphatic rings. The van der Waals surface area contributed by atoms with Crippen molar-refractivity contribution < 1.29 is 9.59 Å². The first-order valence-electron chi connectivity index (χ1n) is 8.04. The maximum absolute atomic E-state index is 12.2. The average Bonchev–Trinajstić information content (AvgIpc) is 2.91. The molecule has 0 saturated carbocycles. The van der Waals surface area contributed by atoms with Crippen LogP contribution < -0.4 is 10.9 Å². The normalized spacial score (nSPS) is 10.7. The van der Waals surface area contributed by atoms with E-state index in [0.29, 0.717) is 0 Å². The molecular weight excluding hydrogens is 316 g/mol. The minimum absolute atomic E-state index is 0.105. The monoisotopic (exact) mass is 336 g/mol. The number of hydrogen-bond acceptors (Lipinski definition) is 3. The zero-order valence-corrected chi connectivity index (χ0v) is 14.5. The SMILES string of the molecule is CC(=O)NNC(=O)Cc1c(-c2ccc(C)cc2)nc2ccc(C)cn12. The highest BCUT2D eigenvalue weighted by molar-refractivity contribution is 5.84. The van der Waals surface area contributed by atoms with E-state index in [-0.39, 0.29) is 18.2 Å². The van der Waals surface area contributed by atoms with E-state index < -0.39 is 0 Å². The second-order valence-corrected chi connectivity index (χ2v) is 6.11. The Hall–Kier alpha value is -3.15. The van der Waals surface area contributed by atoms with Gasteiger partial charge in [-0.15, -0.1) is 0 Å². The van der Waals surface area contributed by atoms with E-state index in [1.807, 2.05) is 60.8 Å². The fraction of sp³-hybridized carbons (Fsp3) is 0.211. The molecule has 0 radical (unpaired) electrons. The lowest BCUT2D eigenvalue weighted by atomic mass is 10.1. The molecule has 0 spiro atoms. The molecule has 3 rings (SSSR count). The fourth-order valence-electron chi connectivity index (χ4n) is 2.67. The Morgan fingerprint density at radius 2 is 1.68 bits per heavy atom. The second kappa shape index (κ2) is 6.76. The average molecular weight is 336 g/mol. The lowest BCUT2D eigenvalue weighted by Crippen LogP contribution is -2.41. The first-order valence-corrected chi connectivity index (χ1v) is 8.04. The van der Waals surface area contributed by atoms with Gasteiger partial charge < -0.3 is 4.40 Å². The molecule has 3 aromatic rings. The van der Waals surface area contributed by atoms with Crippen LogP contribution in [0.3, 0.4) is 0 Å². The van der Waals surface area contributed by atoms with Gasteiger partial charge in [-0.05, 0) is 25.5 Å². The highest BCUT2D eigenvalue weighted by atomic mass is 16.2. The summed E-state index contributed by atoms with van der Waals surface area (Å²) in [6.45, 7) is 5.36. The summed E-state index contributed by atoms with van der Waals surface area (Å²) in [5.41, 5.74) is 10.2. The quantitative estimate of drug-likeness (QED) is 0.721. The van der Waals surface area contributed by atoms with Crippen molar-refractivity contribution in [3.8, 4) is 11.3 Å². The molecule has 2 aromatic heterocycles. The van der Waals surface area contributed by atoms with Crippen LogP contribution in [0.25, 0.3) is 16.9 Å². The Labute approximate surface area is 145 Å². The van der Waals surface area contributed by atoms with E-state index in [9.17, 15) is 9.59 Å². The number of pyridine rings is 1. The molecule has 0 atom stereocenters. The number of nitrogens with zero attached hydrogens (tertiary/aromatic N) is 2. The molecular formula is C19H20N4O2. The number of hydrogen-bond donors (Lipinski definition) is 2. The Morgan fingerprint density at radius 3 is 2.36 bits per heavy atom. The number of fused-ring (bicyclic) bond motifs is 1. The molecule has 0 bridgehead atoms. The van der Waals surface area contributed by atoms with Gasteiger partial charge in [0.05, 0.1) is 17.8 Å². The topological polar surface area (TPSA) is 75.5 Å². The molecule has 0 fully saturated rings. The Kier molecular flexibility index (Phi) is 4.52. The molecule has 0 unspecified atom stereocenters. The molecule has 128 valence electrons. The molecule has 6 nitrogen and oxygen atoms in total. The van der Waals surface area contributed by atoms with Crippen LogP contribution >= 0.6 is 0 Å². The van der Waals surface area contributed by atoms with Crippen LogP contribution in [0.4, 0.5) is 0 Å². The Morgan fingerprint density at radius 1 is 1.00 bits per heavy atom. The van der Waals surface area contributed by atoms with Crippen LogP contribution in [0.1, 0.15) is 23.7 Å². The summed E-state index contributed by atoms with van der Waals surface area (Å²) in [7, 11) is 0. The lowest BCUT2D eigenvalue weighted by molar-refractivity contribution is -0.127. The molecule has 2 N–H and O–H groups in total. The number of benzene rings is 1. The molecule has 0 saturated heterocycles. The maximum atomic E-state index is 12.2. The zero-order chi connectivity index (χ0) is 18.0. The summed E-state index contributed by atoms with van der Waals surface area (Å²) in [5, 5.41) is 0. The van der Waals surface area contributed by atoms with Crippen LogP contribution in [0.15, 0.2) is 42.6 Å². The number of aromatic nitrogens is 2. The number of imidazole rings is 1. The largest absolute Gasteiger partial charge is 0.303 e. The zero-order valence-electron chi connectivity index (χ0n) is 14.5. The third kappa shape index (κ3) is 3.68. The molecule has 25 heavy (non-hydrogen) atoms. The fourth-order valence-corrected chi connectivity index (χ4v) is 2.67. The lowest BCUT2D eigenvalue weighted by Gasteiger charge is -2.08. The van der Waals surface area contributed by atoms with E-state index in [4.69, 9.17) is 4.98 Å². The first-order chi connectivity index (χ1) is 11.9. The molecule has 0 aliphatic carbocycles. The minimum atomic E-state index is -0.318. The first kappa shape index (κ1) is 16.7. The van der Waals surface area contributed by atoms with Gasteiger partial charge in [0, 0.05) is 18.7 Å². The predicted molar refractivity (Wildman–Crippen MR) is 95.8 cm³/mol. The number of aryl methyl sites for hydroxylation is 2. The van der Waals surface area contributed by atoms with E-state index >= 15 is 0 Å². The van der Waals surface area contributed by atoms with E-state index in [2.05, 4.69) is 10.9 Å². The van der Waals surface area contributed by atoms with Gasteiger partial charge >= 0.3 is 0 Å². The van der Waals surface area contributed by atoms with Crippen LogP contribution in [-0.2, 0) is 16.0 Å². The van der Waals surface area contributed by atoms with Crippen molar-refractivity contribution in [2.45, 2.75) is 27.2 Å². The van der Waals surface area contributed by atoms with Gasteiger partial charge in [0.25, 0.3) is 0 Å². The van der Waals surface area contributed by atoms with Crippen molar-refractivity contribution in [3.05, 3.63) is 59.4 Å². The number of rotatable bonds is 3. The van der Waals surface area contributed by atoms with E-state index in [0.717, 1.165) is 33.7 Å². The minimum Gasteiger partial charge on any atom is -0.303 e. The van der Waals surface area contributed by atoms with Crippen LogP contribution in [0.5, 0.6) is 0 Å². The smallest absolute Gasteiger partial charge is 0.244 e. The van der Waals surface area contributed by atoms with E-state index in [1.165, 1.54) is 6.92 Å². The van der Waals surface area contributed by atoms with Crippen molar-refractivity contribution in [1.82, 2.24) is 20.2 Å². The van der Waals surface area contributed by atoms with Crippen LogP contribution in [0.2, 0.25) is 0 Å². The number of amides is 2. The molecule has 2 amide bonds. The number of carbonyl (C=O) groups is 2. The molecule has 6 heteroatoms. The highest BCUT2D eigenvalue weighted by Crippen LogP contribution is 2.25. The maximum Gasteiger partial charge on any atom is 0.244 e. The summed E-state index contributed by atoms with van der Waals surface area (Å²) < 4.78 is 1.93. The summed E-state index contributed by atoms with van der Waals surface area (Å²) >= 11 is 0. The number of carbonyl (C=O) groups excluding carboxylic acids is 2. The number of hydrazine groups is 1. The summed E-state index contributed by atoms with van der Waals surface area (Å²) in [6, 6.07) is 12.0. The summed E-state index contributed by atoms with van der Waals surface area (Å²) in [6.07, 6.45) is 2.06. The van der Waals surface area contributed by atoms with Gasteiger partial charge in [-0.25, -0.2) is 4.98 Å². The molecule has 2 heterocycles. The van der Waals surface area contributed by atoms with Crippen LogP contribution in [-0.4, -0.2) is 21.2 Å². The van der Waals surface area contributed by atoms with Crippen molar-refractivity contribution in [1.29, 1.82) is 0 Å². The second-order valence-electron chi connectivity index (χ2n) is 6.11. The van der Waals surface area contributed by atoms with E-state index in [1.54, 1.807) is 0 Å². The summed E-state index contributed by atoms with van der Waals surface area (Å²) in [5.74, 6) is -0.618. The van der Waals surface area contributed by atoms with Gasteiger partial charge in [0.2, 0.25) is 11.8 Å². The summed E-state index contributed by atoms with van der Waals surface area (Å²) in [4.78, 5) is 27.9. The number of nitrogens with one attached hydrogen (secondary N) is 2.